The molecule has 2 heterocycles. The van der Waals surface area contributed by atoms with Gasteiger partial charge in [0, 0.05) is 17.0 Å². The molecule has 0 spiro atoms. The van der Waals surface area contributed by atoms with Gasteiger partial charge in [-0.2, -0.15) is 5.10 Å². The van der Waals surface area contributed by atoms with Gasteiger partial charge >= 0.3 is 0 Å². The van der Waals surface area contributed by atoms with Crippen molar-refractivity contribution in [3.8, 4) is 5.69 Å². The fourth-order valence-electron chi connectivity index (χ4n) is 4.40. The summed E-state index contributed by atoms with van der Waals surface area (Å²) in [5.74, 6) is -0.349. The molecular weight excluding hydrogens is 522 g/mol. The second kappa shape index (κ2) is 10.9. The molecule has 0 radical (unpaired) electrons. The lowest BCUT2D eigenvalue weighted by Crippen LogP contribution is -2.24. The Bertz CT molecular complexity index is 1620. The van der Waals surface area contributed by atoms with Crippen LogP contribution in [0.4, 0.5) is 5.69 Å². The number of carbonyl (C=O) groups excluding carboxylic acids is 1. The first-order valence-corrected chi connectivity index (χ1v) is 14.0. The van der Waals surface area contributed by atoms with E-state index in [0.717, 1.165) is 41.6 Å². The summed E-state index contributed by atoms with van der Waals surface area (Å²) >= 11 is 2.76. The van der Waals surface area contributed by atoms with Crippen molar-refractivity contribution in [1.29, 1.82) is 0 Å². The van der Waals surface area contributed by atoms with Crippen LogP contribution in [0.3, 0.4) is 0 Å². The Hall–Kier alpha value is -3.83. The number of thiophene rings is 1. The molecule has 0 aliphatic heterocycles. The number of nitrogens with zero attached hydrogens (tertiary/aromatic N) is 4. The Morgan fingerprint density at radius 2 is 1.87 bits per heavy atom. The van der Waals surface area contributed by atoms with Gasteiger partial charge in [-0.05, 0) is 74.9 Å². The molecule has 2 aromatic carbocycles. The monoisotopic (exact) mass is 547 g/mol. The average Bonchev–Trinajstić information content (AvgIpc) is 3.30. The highest BCUT2D eigenvalue weighted by Gasteiger charge is 2.23. The van der Waals surface area contributed by atoms with Crippen LogP contribution in [-0.2, 0) is 17.6 Å². The number of amides is 1. The third kappa shape index (κ3) is 5.25. The van der Waals surface area contributed by atoms with E-state index in [9.17, 15) is 19.7 Å². The molecule has 1 N–H and O–H groups in total. The zero-order valence-electron chi connectivity index (χ0n) is 20.9. The molecule has 11 heteroatoms. The average molecular weight is 548 g/mol. The summed E-state index contributed by atoms with van der Waals surface area (Å²) in [7, 11) is 0. The van der Waals surface area contributed by atoms with Crippen molar-refractivity contribution in [1.82, 2.24) is 15.0 Å². The summed E-state index contributed by atoms with van der Waals surface area (Å²) in [5, 5.41) is 16.1. The number of hydrazone groups is 1. The maximum Gasteiger partial charge on any atom is 0.269 e. The minimum Gasteiger partial charge on any atom is -0.272 e. The fourth-order valence-corrected chi connectivity index (χ4v) is 6.51. The highest BCUT2D eigenvalue weighted by molar-refractivity contribution is 7.99. The van der Waals surface area contributed by atoms with Crippen molar-refractivity contribution in [2.24, 2.45) is 5.10 Å². The number of hydrogen-bond acceptors (Lipinski definition) is 8. The van der Waals surface area contributed by atoms with Crippen LogP contribution in [0.2, 0.25) is 0 Å². The summed E-state index contributed by atoms with van der Waals surface area (Å²) in [5.41, 5.74) is 6.50. The number of thioether (sulfide) groups is 1. The van der Waals surface area contributed by atoms with Crippen LogP contribution in [0.15, 0.2) is 63.6 Å². The first kappa shape index (κ1) is 25.8. The summed E-state index contributed by atoms with van der Waals surface area (Å²) < 4.78 is 1.60. The Balaban J connectivity index is 1.40. The number of carbonyl (C=O) groups is 1. The normalized spacial score (nSPS) is 13.4. The molecule has 9 nitrogen and oxygen atoms in total. The van der Waals surface area contributed by atoms with E-state index in [1.807, 2.05) is 31.2 Å². The maximum atomic E-state index is 13.8. The van der Waals surface area contributed by atoms with Gasteiger partial charge in [-0.3, -0.25) is 24.3 Å². The number of hydrogen-bond donors (Lipinski definition) is 1. The number of nitro benzene ring substituents is 1. The van der Waals surface area contributed by atoms with Crippen LogP contribution in [-0.4, -0.2) is 31.8 Å². The van der Waals surface area contributed by atoms with E-state index in [0.29, 0.717) is 27.5 Å². The van der Waals surface area contributed by atoms with Crippen molar-refractivity contribution in [2.45, 2.75) is 44.7 Å². The number of nitro groups is 1. The van der Waals surface area contributed by atoms with Gasteiger partial charge in [-0.15, -0.1) is 11.3 Å². The van der Waals surface area contributed by atoms with Crippen molar-refractivity contribution in [2.75, 3.05) is 5.75 Å². The van der Waals surface area contributed by atoms with Crippen LogP contribution in [0.25, 0.3) is 15.9 Å². The second-order valence-corrected chi connectivity index (χ2v) is 11.1. The van der Waals surface area contributed by atoms with Gasteiger partial charge < -0.3 is 0 Å². The molecule has 4 aromatic rings. The minimum absolute atomic E-state index is 0.00589. The lowest BCUT2D eigenvalue weighted by atomic mass is 9.97. The SMILES string of the molecule is CC(=NNC(=O)CSc1nc2sc3c(c2c(=O)n1-c1ccc(C)cc1)CCCC3)c1ccc([N+](=O)[O-])cc1. The molecule has 0 saturated heterocycles. The van der Waals surface area contributed by atoms with Gasteiger partial charge in [0.1, 0.15) is 4.83 Å². The molecule has 194 valence electrons. The first-order valence-electron chi connectivity index (χ1n) is 12.2. The van der Waals surface area contributed by atoms with E-state index >= 15 is 0 Å². The van der Waals surface area contributed by atoms with Gasteiger partial charge in [-0.1, -0.05) is 29.5 Å². The predicted molar refractivity (Wildman–Crippen MR) is 151 cm³/mol. The topological polar surface area (TPSA) is 119 Å². The van der Waals surface area contributed by atoms with Gasteiger partial charge in [0.25, 0.3) is 17.2 Å². The summed E-state index contributed by atoms with van der Waals surface area (Å²) in [6.07, 6.45) is 4.05. The molecule has 0 unspecified atom stereocenters. The molecule has 1 amide bonds. The summed E-state index contributed by atoms with van der Waals surface area (Å²) in [6.45, 7) is 3.69. The van der Waals surface area contributed by atoms with Gasteiger partial charge in [0.05, 0.1) is 27.5 Å². The number of rotatable bonds is 7. The van der Waals surface area contributed by atoms with Crippen molar-refractivity contribution >= 4 is 50.6 Å². The van der Waals surface area contributed by atoms with Crippen LogP contribution in [0.1, 0.15) is 41.3 Å². The molecule has 1 aliphatic rings. The number of benzene rings is 2. The molecule has 0 atom stereocenters. The lowest BCUT2D eigenvalue weighted by molar-refractivity contribution is -0.384. The molecule has 0 saturated carbocycles. The largest absolute Gasteiger partial charge is 0.272 e. The standard InChI is InChI=1S/C27H25N5O4S2/c1-16-7-11-19(12-8-16)31-26(34)24-21-5-3-4-6-22(21)38-25(24)28-27(31)37-15-23(33)30-29-17(2)18-9-13-20(14-10-18)32(35)36/h7-14H,3-6,15H2,1-2H3,(H,30,33). The molecule has 0 bridgehead atoms. The van der Waals surface area contributed by atoms with E-state index in [2.05, 4.69) is 10.5 Å². The molecule has 38 heavy (non-hydrogen) atoms. The third-order valence-corrected chi connectivity index (χ3v) is 8.55. The number of nitrogens with one attached hydrogen (secondary N) is 1. The number of aromatic nitrogens is 2. The first-order chi connectivity index (χ1) is 18.3. The van der Waals surface area contributed by atoms with E-state index in [4.69, 9.17) is 4.98 Å². The third-order valence-electron chi connectivity index (χ3n) is 6.43. The molecule has 2 aromatic heterocycles. The van der Waals surface area contributed by atoms with Gasteiger partial charge in [-0.25, -0.2) is 10.4 Å². The van der Waals surface area contributed by atoms with Crippen LogP contribution < -0.4 is 11.0 Å². The fraction of sp³-hybridized carbons (Fsp3) is 0.259. The Labute approximate surface area is 226 Å². The van der Waals surface area contributed by atoms with Crippen molar-refractivity contribution in [3.05, 3.63) is 90.6 Å². The van der Waals surface area contributed by atoms with E-state index in [1.54, 1.807) is 35.0 Å². The van der Waals surface area contributed by atoms with E-state index < -0.39 is 4.92 Å². The predicted octanol–water partition coefficient (Wildman–Crippen LogP) is 5.18. The lowest BCUT2D eigenvalue weighted by Gasteiger charge is -2.13. The van der Waals surface area contributed by atoms with Crippen molar-refractivity contribution < 1.29 is 9.72 Å². The summed E-state index contributed by atoms with van der Waals surface area (Å²) in [6, 6.07) is 13.6. The number of fused-ring (bicyclic) bond motifs is 3. The van der Waals surface area contributed by atoms with Crippen molar-refractivity contribution in [3.63, 3.8) is 0 Å². The highest BCUT2D eigenvalue weighted by Crippen LogP contribution is 2.35. The quantitative estimate of drug-likeness (QED) is 0.112. The zero-order valence-corrected chi connectivity index (χ0v) is 22.5. The van der Waals surface area contributed by atoms with E-state index in [-0.39, 0.29) is 22.9 Å². The molecule has 1 aliphatic carbocycles. The number of aryl methyl sites for hydroxylation is 3. The molecule has 5 rings (SSSR count). The minimum atomic E-state index is -0.470. The van der Waals surface area contributed by atoms with Crippen LogP contribution >= 0.6 is 23.1 Å². The maximum absolute atomic E-state index is 13.8. The van der Waals surface area contributed by atoms with Crippen LogP contribution in [0.5, 0.6) is 0 Å². The highest BCUT2D eigenvalue weighted by atomic mass is 32.2. The Morgan fingerprint density at radius 1 is 1.16 bits per heavy atom. The zero-order chi connectivity index (χ0) is 26.8. The molecular formula is C27H25N5O4S2. The van der Waals surface area contributed by atoms with E-state index in [1.165, 1.54) is 28.8 Å². The van der Waals surface area contributed by atoms with Gasteiger partial charge in [0.2, 0.25) is 0 Å². The van der Waals surface area contributed by atoms with Gasteiger partial charge in [0.15, 0.2) is 5.16 Å². The Kier molecular flexibility index (Phi) is 7.39. The molecule has 0 fully saturated rings. The summed E-state index contributed by atoms with van der Waals surface area (Å²) in [4.78, 5) is 43.6. The second-order valence-electron chi connectivity index (χ2n) is 9.09. The smallest absolute Gasteiger partial charge is 0.269 e. The number of non-ortho nitro benzene ring substituents is 1. The Morgan fingerprint density at radius 3 is 2.58 bits per heavy atom. The van der Waals surface area contributed by atoms with Crippen LogP contribution in [0, 0.1) is 17.0 Å².